The molecule has 8 rings (SSSR count). The molecule has 1 N–H and O–H groups in total. The summed E-state index contributed by atoms with van der Waals surface area (Å²) in [5.41, 5.74) is 1.37. The lowest BCUT2D eigenvalue weighted by Crippen LogP contribution is -2.67. The topological polar surface area (TPSA) is 65.0 Å². The minimum Gasteiger partial charge on any atom is -0.462 e. The van der Waals surface area contributed by atoms with Crippen LogP contribution in [0.1, 0.15) is 69.6 Å². The maximum atomic E-state index is 14.1. The second kappa shape index (κ2) is 15.3. The van der Waals surface area contributed by atoms with Crippen LogP contribution in [-0.4, -0.2) is 44.8 Å². The Kier molecular flexibility index (Phi) is 10.5. The van der Waals surface area contributed by atoms with E-state index in [1.807, 2.05) is 18.2 Å². The quantitative estimate of drug-likeness (QED) is 0.0533. The first kappa shape index (κ1) is 37.6. The summed E-state index contributed by atoms with van der Waals surface area (Å²) in [5.74, 6) is 0.196. The second-order valence-corrected chi connectivity index (χ2v) is 21.3. The Morgan fingerprint density at radius 1 is 0.727 bits per heavy atom. The number of aliphatic hydroxyl groups excluding tert-OH is 1. The normalized spacial score (nSPS) is 24.0. The van der Waals surface area contributed by atoms with Crippen LogP contribution < -0.4 is 10.4 Å². The van der Waals surface area contributed by atoms with Crippen molar-refractivity contribution in [3.63, 3.8) is 0 Å². The van der Waals surface area contributed by atoms with Gasteiger partial charge in [-0.3, -0.25) is 4.79 Å². The lowest BCUT2D eigenvalue weighted by Gasteiger charge is -2.44. The SMILES string of the molecule is CC(C)(C)[Si](OC[C@@H]1C[C@]2([C@@H](O)CCCOC(c3ccccc3)(c3ccccc3)c3ccccc3)C(=O)O[C@@H]3CC[C@H]1[C@@H]32)(c1ccccc1)c1ccccc1. The van der Waals surface area contributed by atoms with Crippen LogP contribution in [0.15, 0.2) is 152 Å². The number of hydrogen-bond donors (Lipinski definition) is 1. The molecule has 5 aromatic carbocycles. The Morgan fingerprint density at radius 3 is 1.67 bits per heavy atom. The van der Waals surface area contributed by atoms with Crippen LogP contribution in [-0.2, 0) is 24.3 Å². The molecule has 5 aromatic rings. The predicted molar refractivity (Wildman–Crippen MR) is 221 cm³/mol. The van der Waals surface area contributed by atoms with E-state index in [1.165, 1.54) is 10.4 Å². The average molecular weight is 751 g/mol. The molecule has 5 nitrogen and oxygen atoms in total. The van der Waals surface area contributed by atoms with E-state index >= 15 is 0 Å². The molecule has 0 amide bonds. The van der Waals surface area contributed by atoms with Gasteiger partial charge in [-0.15, -0.1) is 0 Å². The molecule has 284 valence electrons. The van der Waals surface area contributed by atoms with Crippen molar-refractivity contribution >= 4 is 24.7 Å². The van der Waals surface area contributed by atoms with Crippen LogP contribution in [0, 0.1) is 23.2 Å². The molecule has 0 aromatic heterocycles. The van der Waals surface area contributed by atoms with E-state index in [0.29, 0.717) is 32.5 Å². The highest BCUT2D eigenvalue weighted by atomic mass is 28.4. The molecule has 6 atom stereocenters. The maximum Gasteiger partial charge on any atom is 0.315 e. The molecule has 1 aliphatic heterocycles. The highest BCUT2D eigenvalue weighted by Gasteiger charge is 2.70. The zero-order chi connectivity index (χ0) is 38.1. The lowest BCUT2D eigenvalue weighted by atomic mass is 9.71. The molecular formula is C49H54O5Si. The number of carbonyl (C=O) groups excluding carboxylic acids is 1. The van der Waals surface area contributed by atoms with Gasteiger partial charge in [-0.25, -0.2) is 0 Å². The molecule has 1 saturated heterocycles. The van der Waals surface area contributed by atoms with Crippen LogP contribution in [0.2, 0.25) is 5.04 Å². The summed E-state index contributed by atoms with van der Waals surface area (Å²) in [6.07, 6.45) is 2.49. The van der Waals surface area contributed by atoms with E-state index in [0.717, 1.165) is 29.5 Å². The Morgan fingerprint density at radius 2 is 1.20 bits per heavy atom. The fourth-order valence-electron chi connectivity index (χ4n) is 10.8. The molecule has 2 saturated carbocycles. The van der Waals surface area contributed by atoms with Crippen LogP contribution in [0.25, 0.3) is 0 Å². The van der Waals surface area contributed by atoms with Crippen molar-refractivity contribution in [2.75, 3.05) is 13.2 Å². The fourth-order valence-corrected chi connectivity index (χ4v) is 15.4. The van der Waals surface area contributed by atoms with Gasteiger partial charge in [0, 0.05) is 19.1 Å². The molecule has 0 radical (unpaired) electrons. The third kappa shape index (κ3) is 6.41. The van der Waals surface area contributed by atoms with Crippen molar-refractivity contribution in [1.29, 1.82) is 0 Å². The van der Waals surface area contributed by atoms with Gasteiger partial charge in [-0.2, -0.15) is 0 Å². The van der Waals surface area contributed by atoms with E-state index in [1.54, 1.807) is 0 Å². The van der Waals surface area contributed by atoms with Gasteiger partial charge in [-0.1, -0.05) is 172 Å². The highest BCUT2D eigenvalue weighted by Crippen LogP contribution is 2.64. The second-order valence-electron chi connectivity index (χ2n) is 17.0. The zero-order valence-electron chi connectivity index (χ0n) is 32.4. The van der Waals surface area contributed by atoms with Gasteiger partial charge in [0.2, 0.25) is 0 Å². The first-order valence-electron chi connectivity index (χ1n) is 20.2. The Bertz CT molecular complexity index is 1880. The van der Waals surface area contributed by atoms with Gasteiger partial charge in [0.15, 0.2) is 0 Å². The minimum absolute atomic E-state index is 0.000666. The van der Waals surface area contributed by atoms with Gasteiger partial charge in [0.25, 0.3) is 8.32 Å². The summed E-state index contributed by atoms with van der Waals surface area (Å²) >= 11 is 0. The summed E-state index contributed by atoms with van der Waals surface area (Å²) < 4.78 is 20.6. The summed E-state index contributed by atoms with van der Waals surface area (Å²) in [6.45, 7) is 7.88. The van der Waals surface area contributed by atoms with Gasteiger partial charge >= 0.3 is 5.97 Å². The van der Waals surface area contributed by atoms with Crippen LogP contribution in [0.3, 0.4) is 0 Å². The van der Waals surface area contributed by atoms with Gasteiger partial charge in [0.05, 0.1) is 6.10 Å². The van der Waals surface area contributed by atoms with E-state index < -0.39 is 25.4 Å². The van der Waals surface area contributed by atoms with Crippen LogP contribution in [0.4, 0.5) is 0 Å². The summed E-state index contributed by atoms with van der Waals surface area (Å²) in [4.78, 5) is 14.1. The molecule has 0 bridgehead atoms. The zero-order valence-corrected chi connectivity index (χ0v) is 33.4. The molecular weight excluding hydrogens is 697 g/mol. The Balaban J connectivity index is 1.04. The van der Waals surface area contributed by atoms with Gasteiger partial charge in [-0.05, 0) is 76.0 Å². The number of carbonyl (C=O) groups is 1. The summed E-state index contributed by atoms with van der Waals surface area (Å²) in [7, 11) is -2.77. The molecule has 0 spiro atoms. The molecule has 2 aliphatic carbocycles. The third-order valence-electron chi connectivity index (χ3n) is 13.1. The van der Waals surface area contributed by atoms with Crippen molar-refractivity contribution < 1.29 is 23.8 Å². The smallest absolute Gasteiger partial charge is 0.315 e. The summed E-state index contributed by atoms with van der Waals surface area (Å²) in [5, 5.41) is 14.6. The fraction of sp³-hybridized carbons (Fsp3) is 0.367. The number of rotatable bonds is 14. The maximum absolute atomic E-state index is 14.1. The average Bonchev–Trinajstić information content (AvgIpc) is 3.88. The number of aliphatic hydroxyl groups is 1. The van der Waals surface area contributed by atoms with E-state index in [4.69, 9.17) is 13.9 Å². The van der Waals surface area contributed by atoms with Crippen molar-refractivity contribution in [3.8, 4) is 0 Å². The number of ether oxygens (including phenoxy) is 2. The number of hydrogen-bond acceptors (Lipinski definition) is 5. The number of esters is 1. The van der Waals surface area contributed by atoms with E-state index in [9.17, 15) is 9.90 Å². The molecule has 6 heteroatoms. The predicted octanol–water partition coefficient (Wildman–Crippen LogP) is 8.67. The van der Waals surface area contributed by atoms with E-state index in [-0.39, 0.29) is 34.9 Å². The van der Waals surface area contributed by atoms with Crippen molar-refractivity contribution in [1.82, 2.24) is 0 Å². The molecule has 0 unspecified atom stereocenters. The molecule has 3 aliphatic rings. The Hall–Kier alpha value is -4.33. The monoisotopic (exact) mass is 750 g/mol. The standard InChI is InChI=1S/C49H54O5Si/c1-47(2,3)55(40-26-15-7-16-27-40,41-28-17-8-18-29-41)53-35-36-34-48(45-42(36)31-32-43(45)54-46(48)51)44(50)30-19-33-52-49(37-20-9-4-10-21-37,38-22-11-5-12-23-38)39-24-13-6-14-25-39/h4-18,20-29,36,42-45,50H,19,30-35H2,1-3H3/t36-,42+,43+,44-,45-,48+/m0/s1. The largest absolute Gasteiger partial charge is 0.462 e. The van der Waals surface area contributed by atoms with E-state index in [2.05, 4.69) is 154 Å². The third-order valence-corrected chi connectivity index (χ3v) is 18.1. The lowest BCUT2D eigenvalue weighted by molar-refractivity contribution is -0.155. The molecule has 55 heavy (non-hydrogen) atoms. The Labute approximate surface area is 327 Å². The van der Waals surface area contributed by atoms with Crippen molar-refractivity contribution in [3.05, 3.63) is 168 Å². The van der Waals surface area contributed by atoms with Crippen molar-refractivity contribution in [2.24, 2.45) is 23.2 Å². The van der Waals surface area contributed by atoms with Crippen LogP contribution in [0.5, 0.6) is 0 Å². The van der Waals surface area contributed by atoms with Gasteiger partial charge < -0.3 is 19.0 Å². The van der Waals surface area contributed by atoms with Crippen molar-refractivity contribution in [2.45, 2.75) is 75.7 Å². The first-order valence-corrected chi connectivity index (χ1v) is 22.1. The molecule has 3 fully saturated rings. The van der Waals surface area contributed by atoms with Gasteiger partial charge in [0.1, 0.15) is 17.1 Å². The number of benzene rings is 5. The minimum atomic E-state index is -2.77. The molecule has 1 heterocycles. The highest BCUT2D eigenvalue weighted by molar-refractivity contribution is 6.99. The first-order chi connectivity index (χ1) is 26.7. The summed E-state index contributed by atoms with van der Waals surface area (Å²) in [6, 6.07) is 52.6. The van der Waals surface area contributed by atoms with Crippen LogP contribution >= 0.6 is 0 Å².